The predicted molar refractivity (Wildman–Crippen MR) is 150 cm³/mol. The number of ether oxygens (including phenoxy) is 2. The lowest BCUT2D eigenvalue weighted by Gasteiger charge is -2.44. The number of nitrogens with zero attached hydrogens (tertiary/aromatic N) is 4. The molecule has 6 N–H and O–H groups in total. The number of piperazine rings is 1. The Labute approximate surface area is 230 Å². The standard InChI is InChI=1S/C25H33N5O3.2ClH.2H2O/c1-32-21-13-19-20(14-22(21)33-2)27-24(28-23(19)26)30-10-8-29(9-11-30)17-12-18(31)16-25(15-17)6-4-3-5-7-25;;;;/h12-14H,3-11,15-16H2,1-2H3,(H2,26,27,28);2*1H;2*1H2. The summed E-state index contributed by atoms with van der Waals surface area (Å²) in [6, 6.07) is 3.66. The Hall–Kier alpha value is -2.53. The Morgan fingerprint density at radius 3 is 2.08 bits per heavy atom. The monoisotopic (exact) mass is 559 g/mol. The van der Waals surface area contributed by atoms with Crippen LogP contribution < -0.4 is 20.1 Å². The molecule has 0 radical (unpaired) electrons. The number of hydrogen-bond donors (Lipinski definition) is 1. The van der Waals surface area contributed by atoms with Crippen molar-refractivity contribution in [3.05, 3.63) is 23.9 Å². The van der Waals surface area contributed by atoms with Gasteiger partial charge in [-0.3, -0.25) is 4.79 Å². The fraction of sp³-hybridized carbons (Fsp3) is 0.560. The summed E-state index contributed by atoms with van der Waals surface area (Å²) in [7, 11) is 3.20. The van der Waals surface area contributed by atoms with Gasteiger partial charge in [0.1, 0.15) is 5.82 Å². The van der Waals surface area contributed by atoms with Crippen LogP contribution in [0.15, 0.2) is 23.9 Å². The number of fused-ring (bicyclic) bond motifs is 1. The molecule has 0 atom stereocenters. The highest BCUT2D eigenvalue weighted by Crippen LogP contribution is 2.47. The minimum absolute atomic E-state index is 0. The normalized spacial score (nSPS) is 18.5. The zero-order valence-corrected chi connectivity index (χ0v) is 23.1. The van der Waals surface area contributed by atoms with Crippen LogP contribution in [0, 0.1) is 5.41 Å². The van der Waals surface area contributed by atoms with Crippen LogP contribution in [0.1, 0.15) is 44.9 Å². The number of rotatable bonds is 4. The SMILES string of the molecule is COc1cc2nc(N3CCN(C4=CC(=O)CC5(CCCCC5)C4)CC3)nc(N)c2cc1OC.Cl.Cl.O.O. The van der Waals surface area contributed by atoms with Gasteiger partial charge in [-0.2, -0.15) is 4.98 Å². The van der Waals surface area contributed by atoms with Crippen LogP contribution in [-0.4, -0.2) is 72.0 Å². The number of carbonyl (C=O) groups excluding carboxylic acids is 1. The quantitative estimate of drug-likeness (QED) is 0.598. The average molecular weight is 561 g/mol. The molecular weight excluding hydrogens is 521 g/mol. The average Bonchev–Trinajstić information content (AvgIpc) is 2.83. The van der Waals surface area contributed by atoms with Crippen molar-refractivity contribution in [2.75, 3.05) is 51.0 Å². The summed E-state index contributed by atoms with van der Waals surface area (Å²) in [5.41, 5.74) is 8.45. The number of ketones is 1. The number of carbonyl (C=O) groups is 1. The van der Waals surface area contributed by atoms with Crippen LogP contribution >= 0.6 is 24.8 Å². The van der Waals surface area contributed by atoms with Crippen LogP contribution in [0.25, 0.3) is 10.9 Å². The number of allylic oxidation sites excluding steroid dienone is 2. The molecule has 1 saturated heterocycles. The minimum atomic E-state index is 0. The minimum Gasteiger partial charge on any atom is -0.493 e. The third-order valence-corrected chi connectivity index (χ3v) is 7.53. The summed E-state index contributed by atoms with van der Waals surface area (Å²) >= 11 is 0. The molecule has 1 spiro atoms. The summed E-state index contributed by atoms with van der Waals surface area (Å²) < 4.78 is 10.8. The van der Waals surface area contributed by atoms with E-state index in [0.717, 1.165) is 49.9 Å². The van der Waals surface area contributed by atoms with Crippen molar-refractivity contribution in [2.45, 2.75) is 44.9 Å². The largest absolute Gasteiger partial charge is 0.493 e. The molecule has 208 valence electrons. The van der Waals surface area contributed by atoms with E-state index in [-0.39, 0.29) is 41.2 Å². The number of aromatic nitrogens is 2. The van der Waals surface area contributed by atoms with E-state index in [0.29, 0.717) is 29.0 Å². The maximum atomic E-state index is 12.6. The highest BCUT2D eigenvalue weighted by atomic mass is 35.5. The lowest BCUT2D eigenvalue weighted by molar-refractivity contribution is -0.118. The Balaban J connectivity index is 0.00000171. The first-order valence-corrected chi connectivity index (χ1v) is 11.9. The second-order valence-electron chi connectivity index (χ2n) is 9.62. The topological polar surface area (TPSA) is 157 Å². The third kappa shape index (κ3) is 6.49. The van der Waals surface area contributed by atoms with Gasteiger partial charge in [-0.25, -0.2) is 4.98 Å². The lowest BCUT2D eigenvalue weighted by atomic mass is 9.66. The molecule has 37 heavy (non-hydrogen) atoms. The molecule has 0 amide bonds. The number of halogens is 2. The van der Waals surface area contributed by atoms with Crippen molar-refractivity contribution in [2.24, 2.45) is 5.41 Å². The third-order valence-electron chi connectivity index (χ3n) is 7.53. The van der Waals surface area contributed by atoms with Crippen molar-refractivity contribution < 1.29 is 25.2 Å². The molecule has 1 aromatic heterocycles. The zero-order valence-electron chi connectivity index (χ0n) is 21.4. The van der Waals surface area contributed by atoms with Crippen molar-refractivity contribution in [3.63, 3.8) is 0 Å². The Morgan fingerprint density at radius 1 is 0.865 bits per heavy atom. The number of hydrogen-bond acceptors (Lipinski definition) is 8. The molecule has 2 fully saturated rings. The van der Waals surface area contributed by atoms with E-state index >= 15 is 0 Å². The lowest BCUT2D eigenvalue weighted by Crippen LogP contribution is -2.48. The van der Waals surface area contributed by atoms with Crippen LogP contribution in [0.5, 0.6) is 11.5 Å². The van der Waals surface area contributed by atoms with Gasteiger partial charge in [-0.05, 0) is 30.7 Å². The first kappa shape index (κ1) is 32.5. The zero-order chi connectivity index (χ0) is 23.0. The fourth-order valence-corrected chi connectivity index (χ4v) is 5.76. The first-order chi connectivity index (χ1) is 16.0. The molecule has 1 saturated carbocycles. The highest BCUT2D eigenvalue weighted by molar-refractivity contribution is 5.92. The van der Waals surface area contributed by atoms with E-state index in [1.807, 2.05) is 18.2 Å². The van der Waals surface area contributed by atoms with E-state index in [1.54, 1.807) is 14.2 Å². The number of benzene rings is 1. The van der Waals surface area contributed by atoms with E-state index < -0.39 is 0 Å². The van der Waals surface area contributed by atoms with Gasteiger partial charge in [0.15, 0.2) is 17.3 Å². The van der Waals surface area contributed by atoms with E-state index in [4.69, 9.17) is 20.2 Å². The summed E-state index contributed by atoms with van der Waals surface area (Å²) in [4.78, 5) is 26.5. The Bertz CT molecular complexity index is 1100. The summed E-state index contributed by atoms with van der Waals surface area (Å²) in [5, 5.41) is 0.749. The molecule has 2 aromatic rings. The van der Waals surface area contributed by atoms with Crippen LogP contribution in [-0.2, 0) is 4.79 Å². The first-order valence-electron chi connectivity index (χ1n) is 11.9. The molecule has 10 nitrogen and oxygen atoms in total. The number of nitrogens with two attached hydrogens (primary N) is 1. The maximum absolute atomic E-state index is 12.6. The van der Waals surface area contributed by atoms with Crippen LogP contribution in [0.2, 0.25) is 0 Å². The van der Waals surface area contributed by atoms with Crippen molar-refractivity contribution >= 4 is 53.3 Å². The van der Waals surface area contributed by atoms with Gasteiger partial charge in [0.05, 0.1) is 19.7 Å². The van der Waals surface area contributed by atoms with Gasteiger partial charge in [-0.1, -0.05) is 19.3 Å². The van der Waals surface area contributed by atoms with Gasteiger partial charge in [0, 0.05) is 55.8 Å². The second-order valence-corrected chi connectivity index (χ2v) is 9.62. The van der Waals surface area contributed by atoms with E-state index in [2.05, 4.69) is 14.8 Å². The van der Waals surface area contributed by atoms with Gasteiger partial charge < -0.3 is 36.0 Å². The Kier molecular flexibility index (Phi) is 11.7. The second kappa shape index (κ2) is 13.3. The molecule has 12 heteroatoms. The van der Waals surface area contributed by atoms with Crippen LogP contribution in [0.4, 0.5) is 11.8 Å². The molecule has 0 unspecified atom stereocenters. The molecule has 1 aromatic carbocycles. The van der Waals surface area contributed by atoms with E-state index in [1.165, 1.54) is 37.8 Å². The smallest absolute Gasteiger partial charge is 0.228 e. The number of nitrogen functional groups attached to an aromatic ring is 1. The predicted octanol–water partition coefficient (Wildman–Crippen LogP) is 2.74. The molecule has 1 aliphatic heterocycles. The van der Waals surface area contributed by atoms with E-state index in [9.17, 15) is 4.79 Å². The van der Waals surface area contributed by atoms with Crippen molar-refractivity contribution in [1.29, 1.82) is 0 Å². The maximum Gasteiger partial charge on any atom is 0.228 e. The summed E-state index contributed by atoms with van der Waals surface area (Å²) in [5.74, 6) is 2.58. The fourth-order valence-electron chi connectivity index (χ4n) is 5.76. The van der Waals surface area contributed by atoms with Gasteiger partial charge >= 0.3 is 0 Å². The van der Waals surface area contributed by atoms with Crippen LogP contribution in [0.3, 0.4) is 0 Å². The van der Waals surface area contributed by atoms with Crippen molar-refractivity contribution in [3.8, 4) is 11.5 Å². The molecule has 5 rings (SSSR count). The summed E-state index contributed by atoms with van der Waals surface area (Å²) in [6.45, 7) is 3.28. The van der Waals surface area contributed by atoms with Gasteiger partial charge in [0.2, 0.25) is 5.95 Å². The number of methoxy groups -OCH3 is 2. The summed E-state index contributed by atoms with van der Waals surface area (Å²) in [6.07, 6.45) is 9.87. The van der Waals surface area contributed by atoms with Gasteiger partial charge in [-0.15, -0.1) is 24.8 Å². The van der Waals surface area contributed by atoms with Gasteiger partial charge in [0.25, 0.3) is 0 Å². The molecule has 0 bridgehead atoms. The molecule has 2 heterocycles. The van der Waals surface area contributed by atoms with Crippen molar-refractivity contribution in [1.82, 2.24) is 14.9 Å². The molecule has 2 aliphatic carbocycles. The number of anilines is 2. The molecule has 3 aliphatic rings. The Morgan fingerprint density at radius 2 is 1.46 bits per heavy atom. The molecular formula is C25H39Cl2N5O5. The highest BCUT2D eigenvalue weighted by Gasteiger charge is 2.39.